The second-order valence-electron chi connectivity index (χ2n) is 9.54. The number of nitrogens with two attached hydrogens (primary N) is 1. The van der Waals surface area contributed by atoms with Gasteiger partial charge in [-0.15, -0.1) is 0 Å². The quantitative estimate of drug-likeness (QED) is 0.755. The predicted octanol–water partition coefficient (Wildman–Crippen LogP) is 3.77. The van der Waals surface area contributed by atoms with Crippen LogP contribution >= 0.6 is 11.6 Å². The fourth-order valence-corrected chi connectivity index (χ4v) is 5.23. The van der Waals surface area contributed by atoms with Gasteiger partial charge in [-0.1, -0.05) is 30.7 Å². The van der Waals surface area contributed by atoms with Crippen LogP contribution in [0.25, 0.3) is 0 Å². The summed E-state index contributed by atoms with van der Waals surface area (Å²) in [6, 6.07) is 8.18. The molecular weight excluding hydrogens is 408 g/mol. The molecule has 2 fully saturated rings. The summed E-state index contributed by atoms with van der Waals surface area (Å²) in [5, 5.41) is 0.790. The lowest BCUT2D eigenvalue weighted by atomic mass is 9.88. The summed E-state index contributed by atoms with van der Waals surface area (Å²) in [7, 11) is 0. The number of benzene rings is 1. The van der Waals surface area contributed by atoms with E-state index in [1.807, 2.05) is 18.2 Å². The zero-order valence-electron chi connectivity index (χ0n) is 18.6. The number of aliphatic imine (C=N–C) groups is 1. The molecule has 0 unspecified atom stereocenters. The smallest absolute Gasteiger partial charge is 0.225 e. The third kappa shape index (κ3) is 5.89. The van der Waals surface area contributed by atoms with Gasteiger partial charge < -0.3 is 10.6 Å². The van der Waals surface area contributed by atoms with Gasteiger partial charge in [0, 0.05) is 37.1 Å². The van der Waals surface area contributed by atoms with Crippen molar-refractivity contribution in [1.29, 1.82) is 0 Å². The minimum absolute atomic E-state index is 0.188. The van der Waals surface area contributed by atoms with Crippen molar-refractivity contribution in [1.82, 2.24) is 9.80 Å². The van der Waals surface area contributed by atoms with Gasteiger partial charge in [-0.25, -0.2) is 0 Å². The summed E-state index contributed by atoms with van der Waals surface area (Å²) >= 11 is 5.99. The van der Waals surface area contributed by atoms with E-state index in [0.29, 0.717) is 23.6 Å². The van der Waals surface area contributed by atoms with Gasteiger partial charge in [-0.3, -0.25) is 14.7 Å². The van der Waals surface area contributed by atoms with Crippen LogP contribution in [0.15, 0.2) is 40.9 Å². The van der Waals surface area contributed by atoms with Crippen LogP contribution in [-0.2, 0) is 11.2 Å². The van der Waals surface area contributed by atoms with Gasteiger partial charge >= 0.3 is 0 Å². The molecule has 3 aliphatic rings. The molecule has 0 aliphatic carbocycles. The molecule has 4 rings (SSSR count). The van der Waals surface area contributed by atoms with Crippen LogP contribution in [0.1, 0.15) is 38.2 Å². The summed E-state index contributed by atoms with van der Waals surface area (Å²) < 4.78 is 0. The third-order valence-electron chi connectivity index (χ3n) is 7.22. The molecule has 0 aromatic heterocycles. The van der Waals surface area contributed by atoms with Crippen LogP contribution in [0.5, 0.6) is 0 Å². The first-order valence-electron chi connectivity index (χ1n) is 11.7. The van der Waals surface area contributed by atoms with E-state index in [1.54, 1.807) is 0 Å². The molecular formula is C25H35ClN4O. The molecule has 168 valence electrons. The lowest BCUT2D eigenvalue weighted by molar-refractivity contribution is -0.138. The maximum Gasteiger partial charge on any atom is 0.225 e. The molecule has 3 aliphatic heterocycles. The molecule has 1 aromatic carbocycles. The highest BCUT2D eigenvalue weighted by Crippen LogP contribution is 2.27. The summed E-state index contributed by atoms with van der Waals surface area (Å²) in [6.45, 7) is 7.75. The lowest BCUT2D eigenvalue weighted by Gasteiger charge is -2.38. The minimum atomic E-state index is 0.188. The van der Waals surface area contributed by atoms with E-state index >= 15 is 0 Å². The molecule has 2 saturated heterocycles. The number of amides is 1. The van der Waals surface area contributed by atoms with Crippen LogP contribution in [0.3, 0.4) is 0 Å². The Morgan fingerprint density at radius 3 is 2.45 bits per heavy atom. The van der Waals surface area contributed by atoms with Gasteiger partial charge in [0.2, 0.25) is 5.91 Å². The Hall–Kier alpha value is -1.85. The van der Waals surface area contributed by atoms with Crippen molar-refractivity contribution in [2.75, 3.05) is 39.3 Å². The summed E-state index contributed by atoms with van der Waals surface area (Å²) in [4.78, 5) is 22.0. The molecule has 3 heterocycles. The van der Waals surface area contributed by atoms with E-state index in [2.05, 4.69) is 33.8 Å². The zero-order chi connectivity index (χ0) is 21.8. The lowest BCUT2D eigenvalue weighted by Crippen LogP contribution is -2.46. The molecule has 2 N–H and O–H groups in total. The number of likely N-dealkylation sites (tertiary alicyclic amines) is 2. The first kappa shape index (κ1) is 22.3. The number of carbonyl (C=O) groups is 1. The van der Waals surface area contributed by atoms with Crippen molar-refractivity contribution in [3.8, 4) is 0 Å². The Morgan fingerprint density at radius 2 is 1.77 bits per heavy atom. The highest BCUT2D eigenvalue weighted by Gasteiger charge is 2.31. The van der Waals surface area contributed by atoms with Crippen LogP contribution in [0, 0.1) is 17.8 Å². The highest BCUT2D eigenvalue weighted by molar-refractivity contribution is 6.30. The molecule has 31 heavy (non-hydrogen) atoms. The molecule has 1 aromatic rings. The minimum Gasteiger partial charge on any atom is -0.384 e. The van der Waals surface area contributed by atoms with E-state index in [9.17, 15) is 4.79 Å². The summed E-state index contributed by atoms with van der Waals surface area (Å²) in [5.74, 6) is 2.34. The number of amidine groups is 1. The zero-order valence-corrected chi connectivity index (χ0v) is 19.4. The van der Waals surface area contributed by atoms with Crippen LogP contribution in [0.2, 0.25) is 5.02 Å². The second-order valence-corrected chi connectivity index (χ2v) is 9.97. The Balaban J connectivity index is 1.20. The normalized spacial score (nSPS) is 24.1. The number of hydrogen-bond donors (Lipinski definition) is 1. The highest BCUT2D eigenvalue weighted by atomic mass is 35.5. The number of rotatable bonds is 5. The largest absolute Gasteiger partial charge is 0.384 e. The van der Waals surface area contributed by atoms with Gasteiger partial charge in [-0.05, 0) is 86.4 Å². The molecule has 0 spiro atoms. The van der Waals surface area contributed by atoms with E-state index in [-0.39, 0.29) is 5.92 Å². The molecule has 0 bridgehead atoms. The number of dihydropyridines is 1. The van der Waals surface area contributed by atoms with Crippen LogP contribution < -0.4 is 5.73 Å². The first-order valence-corrected chi connectivity index (χ1v) is 12.1. The van der Waals surface area contributed by atoms with Gasteiger partial charge in [0.1, 0.15) is 5.84 Å². The molecule has 0 saturated carbocycles. The van der Waals surface area contributed by atoms with Crippen LogP contribution in [0.4, 0.5) is 0 Å². The Morgan fingerprint density at radius 1 is 1.10 bits per heavy atom. The van der Waals surface area contributed by atoms with Crippen molar-refractivity contribution in [2.45, 2.75) is 39.0 Å². The fraction of sp³-hybridized carbons (Fsp3) is 0.600. The Bertz CT molecular complexity index is 818. The van der Waals surface area contributed by atoms with E-state index < -0.39 is 0 Å². The van der Waals surface area contributed by atoms with E-state index in [1.165, 1.54) is 11.1 Å². The van der Waals surface area contributed by atoms with Gasteiger partial charge in [0.25, 0.3) is 0 Å². The molecule has 1 amide bonds. The standard InChI is InChI=1S/C25H35ClN4O/c1-18-16-28-24(27)15-22(18)17-29-10-8-21(9-11-29)25(31)30-12-6-20(7-13-30)14-19-2-4-23(26)5-3-19/h2-5,15,18,20-21H,6-14,16-17H2,1H3,(H2,27,28)/t18-/m0/s1. The van der Waals surface area contributed by atoms with Crippen molar-refractivity contribution >= 4 is 23.3 Å². The van der Waals surface area contributed by atoms with Crippen LogP contribution in [-0.4, -0.2) is 60.8 Å². The fourth-order valence-electron chi connectivity index (χ4n) is 5.10. The third-order valence-corrected chi connectivity index (χ3v) is 7.47. The van der Waals surface area contributed by atoms with E-state index in [4.69, 9.17) is 17.3 Å². The number of carbonyl (C=O) groups excluding carboxylic acids is 1. The molecule has 0 radical (unpaired) electrons. The Kier molecular flexibility index (Phi) is 7.34. The van der Waals surface area contributed by atoms with Gasteiger partial charge in [-0.2, -0.15) is 0 Å². The SMILES string of the molecule is C[C@H]1CN=C(N)C=C1CN1CCC(C(=O)N2CCC(Cc3ccc(Cl)cc3)CC2)CC1. The monoisotopic (exact) mass is 442 g/mol. The predicted molar refractivity (Wildman–Crippen MR) is 127 cm³/mol. The maximum absolute atomic E-state index is 13.1. The maximum atomic E-state index is 13.1. The summed E-state index contributed by atoms with van der Waals surface area (Å²) in [5.41, 5.74) is 8.61. The second kappa shape index (κ2) is 10.2. The topological polar surface area (TPSA) is 61.9 Å². The van der Waals surface area contributed by atoms with Gasteiger partial charge in [0.15, 0.2) is 0 Å². The molecule has 6 heteroatoms. The Labute approximate surface area is 191 Å². The average Bonchev–Trinajstić information content (AvgIpc) is 2.78. The molecule has 1 atom stereocenters. The number of nitrogens with zero attached hydrogens (tertiary/aromatic N) is 3. The van der Waals surface area contributed by atoms with Crippen molar-refractivity contribution in [3.63, 3.8) is 0 Å². The van der Waals surface area contributed by atoms with Gasteiger partial charge in [0.05, 0.1) is 0 Å². The molecule has 5 nitrogen and oxygen atoms in total. The average molecular weight is 443 g/mol. The van der Waals surface area contributed by atoms with E-state index in [0.717, 1.165) is 76.4 Å². The number of hydrogen-bond acceptors (Lipinski definition) is 4. The number of piperidine rings is 2. The number of halogens is 1. The first-order chi connectivity index (χ1) is 15.0. The van der Waals surface area contributed by atoms with Crippen molar-refractivity contribution in [3.05, 3.63) is 46.5 Å². The summed E-state index contributed by atoms with van der Waals surface area (Å²) in [6.07, 6.45) is 7.26. The van der Waals surface area contributed by atoms with Crippen molar-refractivity contribution < 1.29 is 4.79 Å². The van der Waals surface area contributed by atoms with Crippen molar-refractivity contribution in [2.24, 2.45) is 28.5 Å².